The summed E-state index contributed by atoms with van der Waals surface area (Å²) in [5.74, 6) is 0.983. The van der Waals surface area contributed by atoms with E-state index in [9.17, 15) is 0 Å². The van der Waals surface area contributed by atoms with Gasteiger partial charge in [0.2, 0.25) is 0 Å². The lowest BCUT2D eigenvalue weighted by molar-refractivity contribution is 0.121. The van der Waals surface area contributed by atoms with Crippen molar-refractivity contribution in [3.63, 3.8) is 0 Å². The van der Waals surface area contributed by atoms with E-state index in [1.165, 1.54) is 38.8 Å². The molecular weight excluding hydrogens is 184 g/mol. The molecule has 1 heterocycles. The van der Waals surface area contributed by atoms with Gasteiger partial charge in [-0.2, -0.15) is 0 Å². The smallest absolute Gasteiger partial charge is 0.0218 e. The van der Waals surface area contributed by atoms with Crippen LogP contribution in [0.4, 0.5) is 0 Å². The summed E-state index contributed by atoms with van der Waals surface area (Å²) in [6.45, 7) is 9.29. The van der Waals surface area contributed by atoms with Crippen LogP contribution in [0.5, 0.6) is 0 Å². The molecule has 1 fully saturated rings. The molecule has 0 spiro atoms. The topological polar surface area (TPSA) is 29.3 Å². The zero-order chi connectivity index (χ0) is 11.3. The SMILES string of the molecule is CCCC1CCN(C(C)C(N)CC)CC1. The lowest BCUT2D eigenvalue weighted by Crippen LogP contribution is -2.48. The highest BCUT2D eigenvalue weighted by Crippen LogP contribution is 2.23. The number of likely N-dealkylation sites (tertiary alicyclic amines) is 1. The Balaban J connectivity index is 2.30. The maximum Gasteiger partial charge on any atom is 0.0218 e. The minimum Gasteiger partial charge on any atom is -0.326 e. The number of nitrogens with two attached hydrogens (primary N) is 1. The summed E-state index contributed by atoms with van der Waals surface area (Å²) in [7, 11) is 0. The van der Waals surface area contributed by atoms with Crippen molar-refractivity contribution in [2.24, 2.45) is 11.7 Å². The average molecular weight is 212 g/mol. The number of nitrogens with zero attached hydrogens (tertiary/aromatic N) is 1. The van der Waals surface area contributed by atoms with Gasteiger partial charge in [-0.15, -0.1) is 0 Å². The molecule has 2 nitrogen and oxygen atoms in total. The van der Waals surface area contributed by atoms with E-state index >= 15 is 0 Å². The van der Waals surface area contributed by atoms with Gasteiger partial charge in [0.15, 0.2) is 0 Å². The van der Waals surface area contributed by atoms with Crippen LogP contribution in [0.25, 0.3) is 0 Å². The third-order valence-electron chi connectivity index (χ3n) is 4.01. The van der Waals surface area contributed by atoms with E-state index in [-0.39, 0.29) is 0 Å². The minimum absolute atomic E-state index is 0.354. The molecule has 1 aliphatic rings. The number of piperidine rings is 1. The van der Waals surface area contributed by atoms with Crippen molar-refractivity contribution in [3.8, 4) is 0 Å². The molecule has 0 aromatic rings. The molecule has 2 atom stereocenters. The lowest BCUT2D eigenvalue weighted by Gasteiger charge is -2.38. The maximum absolute atomic E-state index is 6.10. The van der Waals surface area contributed by atoms with Gasteiger partial charge in [-0.05, 0) is 45.2 Å². The van der Waals surface area contributed by atoms with Gasteiger partial charge in [0.1, 0.15) is 0 Å². The summed E-state index contributed by atoms with van der Waals surface area (Å²) in [5, 5.41) is 0. The van der Waals surface area contributed by atoms with Crippen LogP contribution in [0.15, 0.2) is 0 Å². The van der Waals surface area contributed by atoms with Crippen LogP contribution in [0.2, 0.25) is 0 Å². The summed E-state index contributed by atoms with van der Waals surface area (Å²) in [6, 6.07) is 0.922. The number of hydrogen-bond donors (Lipinski definition) is 1. The molecule has 0 amide bonds. The Morgan fingerprint density at radius 2 is 1.87 bits per heavy atom. The van der Waals surface area contributed by atoms with Crippen LogP contribution in [0.3, 0.4) is 0 Å². The van der Waals surface area contributed by atoms with Crippen molar-refractivity contribution in [3.05, 3.63) is 0 Å². The summed E-state index contributed by atoms with van der Waals surface area (Å²) >= 11 is 0. The first-order valence-corrected chi connectivity index (χ1v) is 6.68. The van der Waals surface area contributed by atoms with E-state index in [1.54, 1.807) is 0 Å². The largest absolute Gasteiger partial charge is 0.326 e. The number of rotatable bonds is 5. The molecule has 0 aromatic heterocycles. The second kappa shape index (κ2) is 6.49. The molecule has 2 heteroatoms. The standard InChI is InChI=1S/C13H28N2/c1-4-6-12-7-9-15(10-8-12)11(3)13(14)5-2/h11-13H,4-10,14H2,1-3H3. The third-order valence-corrected chi connectivity index (χ3v) is 4.01. The normalized spacial score (nSPS) is 24.0. The molecule has 0 bridgehead atoms. The van der Waals surface area contributed by atoms with Crippen LogP contribution in [-0.2, 0) is 0 Å². The quantitative estimate of drug-likeness (QED) is 0.759. The molecule has 0 aliphatic carbocycles. The minimum atomic E-state index is 0.354. The summed E-state index contributed by atoms with van der Waals surface area (Å²) in [5.41, 5.74) is 6.10. The van der Waals surface area contributed by atoms with Gasteiger partial charge in [-0.3, -0.25) is 4.90 Å². The van der Waals surface area contributed by atoms with Crippen molar-refractivity contribution in [2.45, 2.75) is 65.0 Å². The van der Waals surface area contributed by atoms with Crippen molar-refractivity contribution in [1.82, 2.24) is 4.90 Å². The molecule has 2 unspecified atom stereocenters. The summed E-state index contributed by atoms with van der Waals surface area (Å²) < 4.78 is 0. The molecule has 1 saturated heterocycles. The third kappa shape index (κ3) is 3.76. The van der Waals surface area contributed by atoms with Crippen molar-refractivity contribution in [2.75, 3.05) is 13.1 Å². The Kier molecular flexibility index (Phi) is 5.62. The molecule has 2 N–H and O–H groups in total. The summed E-state index contributed by atoms with van der Waals surface area (Å²) in [6.07, 6.45) is 6.62. The average Bonchev–Trinajstić information content (AvgIpc) is 2.28. The van der Waals surface area contributed by atoms with Gasteiger partial charge in [0.05, 0.1) is 0 Å². The van der Waals surface area contributed by atoms with Gasteiger partial charge in [0, 0.05) is 12.1 Å². The van der Waals surface area contributed by atoms with Gasteiger partial charge >= 0.3 is 0 Å². The Labute approximate surface area is 95.2 Å². The predicted octanol–water partition coefficient (Wildman–Crippen LogP) is 2.62. The monoisotopic (exact) mass is 212 g/mol. The second-order valence-electron chi connectivity index (χ2n) is 5.08. The van der Waals surface area contributed by atoms with E-state index in [1.807, 2.05) is 0 Å². The van der Waals surface area contributed by atoms with Crippen molar-refractivity contribution in [1.29, 1.82) is 0 Å². The molecular formula is C13H28N2. The van der Waals surface area contributed by atoms with E-state index in [0.717, 1.165) is 12.3 Å². The Morgan fingerprint density at radius 3 is 2.33 bits per heavy atom. The highest BCUT2D eigenvalue weighted by molar-refractivity contribution is 4.81. The van der Waals surface area contributed by atoms with Crippen LogP contribution in [0, 0.1) is 5.92 Å². The van der Waals surface area contributed by atoms with Crippen LogP contribution >= 0.6 is 0 Å². The highest BCUT2D eigenvalue weighted by Gasteiger charge is 2.24. The molecule has 0 saturated carbocycles. The fourth-order valence-electron chi connectivity index (χ4n) is 2.67. The predicted molar refractivity (Wildman–Crippen MR) is 66.9 cm³/mol. The molecule has 0 aromatic carbocycles. The maximum atomic E-state index is 6.10. The van der Waals surface area contributed by atoms with Gasteiger partial charge in [0.25, 0.3) is 0 Å². The second-order valence-corrected chi connectivity index (χ2v) is 5.08. The van der Waals surface area contributed by atoms with Crippen LogP contribution in [0.1, 0.15) is 52.9 Å². The van der Waals surface area contributed by atoms with Crippen molar-refractivity contribution < 1.29 is 0 Å². The van der Waals surface area contributed by atoms with Crippen LogP contribution < -0.4 is 5.73 Å². The van der Waals surface area contributed by atoms with Crippen LogP contribution in [-0.4, -0.2) is 30.1 Å². The lowest BCUT2D eigenvalue weighted by atomic mass is 9.91. The Bertz CT molecular complexity index is 162. The van der Waals surface area contributed by atoms with Crippen molar-refractivity contribution >= 4 is 0 Å². The molecule has 15 heavy (non-hydrogen) atoms. The Hall–Kier alpha value is -0.0800. The van der Waals surface area contributed by atoms with E-state index in [2.05, 4.69) is 25.7 Å². The number of hydrogen-bond acceptors (Lipinski definition) is 2. The first kappa shape index (κ1) is 13.0. The fourth-order valence-corrected chi connectivity index (χ4v) is 2.67. The van der Waals surface area contributed by atoms with Gasteiger partial charge in [-0.25, -0.2) is 0 Å². The highest BCUT2D eigenvalue weighted by atomic mass is 15.2. The summed E-state index contributed by atoms with van der Waals surface area (Å²) in [4.78, 5) is 2.58. The zero-order valence-electron chi connectivity index (χ0n) is 10.7. The Morgan fingerprint density at radius 1 is 1.27 bits per heavy atom. The van der Waals surface area contributed by atoms with Gasteiger partial charge in [-0.1, -0.05) is 26.7 Å². The first-order valence-electron chi connectivity index (χ1n) is 6.68. The van der Waals surface area contributed by atoms with Gasteiger partial charge < -0.3 is 5.73 Å². The molecule has 1 aliphatic heterocycles. The fraction of sp³-hybridized carbons (Fsp3) is 1.00. The van der Waals surface area contributed by atoms with E-state index in [4.69, 9.17) is 5.73 Å². The molecule has 1 rings (SSSR count). The zero-order valence-corrected chi connectivity index (χ0v) is 10.7. The van der Waals surface area contributed by atoms with E-state index in [0.29, 0.717) is 12.1 Å². The first-order chi connectivity index (χ1) is 7.19. The molecule has 90 valence electrons. The molecule has 0 radical (unpaired) electrons. The van der Waals surface area contributed by atoms with E-state index < -0.39 is 0 Å².